The van der Waals surface area contributed by atoms with Crippen molar-refractivity contribution in [3.05, 3.63) is 94.5 Å². The first kappa shape index (κ1) is 23.0. The Morgan fingerprint density at radius 1 is 1.09 bits per heavy atom. The molecule has 0 fully saturated rings. The minimum Gasteiger partial charge on any atom is -0.398 e. The lowest BCUT2D eigenvalue weighted by molar-refractivity contribution is -0.120. The number of carbonyl (C=O) groups excluding carboxylic acids is 2. The van der Waals surface area contributed by atoms with Crippen molar-refractivity contribution in [3.8, 4) is 0 Å². The van der Waals surface area contributed by atoms with Gasteiger partial charge in [0.25, 0.3) is 5.91 Å². The molecule has 0 aliphatic carbocycles. The van der Waals surface area contributed by atoms with Gasteiger partial charge in [0, 0.05) is 35.5 Å². The van der Waals surface area contributed by atoms with Crippen molar-refractivity contribution < 1.29 is 9.59 Å². The molecule has 0 spiro atoms. The lowest BCUT2D eigenvalue weighted by Crippen LogP contribution is -2.51. The minimum absolute atomic E-state index is 0.133. The highest BCUT2D eigenvalue weighted by Gasteiger charge is 2.34. The average Bonchev–Trinajstić information content (AvgIpc) is 2.83. The van der Waals surface area contributed by atoms with E-state index in [0.717, 1.165) is 17.5 Å². The van der Waals surface area contributed by atoms with E-state index in [0.29, 0.717) is 41.9 Å². The van der Waals surface area contributed by atoms with Crippen LogP contribution in [0.2, 0.25) is 0 Å². The van der Waals surface area contributed by atoms with Crippen LogP contribution < -0.4 is 16.8 Å². The monoisotopic (exact) mass is 455 g/mol. The van der Waals surface area contributed by atoms with Gasteiger partial charge in [0.2, 0.25) is 5.91 Å². The van der Waals surface area contributed by atoms with Gasteiger partial charge in [-0.1, -0.05) is 49.4 Å². The minimum atomic E-state index is -0.692. The Kier molecular flexibility index (Phi) is 6.63. The van der Waals surface area contributed by atoms with Crippen LogP contribution in [0.25, 0.3) is 0 Å². The zero-order valence-electron chi connectivity index (χ0n) is 19.2. The number of hydrogen-bond donors (Lipinski definition) is 4. The molecule has 0 unspecified atom stereocenters. The van der Waals surface area contributed by atoms with E-state index in [1.165, 1.54) is 5.56 Å². The third-order valence-corrected chi connectivity index (χ3v) is 6.25. The lowest BCUT2D eigenvalue weighted by atomic mass is 9.93. The molecule has 1 aliphatic heterocycles. The lowest BCUT2D eigenvalue weighted by Gasteiger charge is -2.35. The van der Waals surface area contributed by atoms with Crippen LogP contribution in [-0.4, -0.2) is 35.1 Å². The van der Waals surface area contributed by atoms with Crippen molar-refractivity contribution in [1.29, 1.82) is 5.41 Å². The van der Waals surface area contributed by atoms with Gasteiger partial charge in [-0.05, 0) is 53.8 Å². The summed E-state index contributed by atoms with van der Waals surface area (Å²) < 4.78 is 0. The van der Waals surface area contributed by atoms with E-state index in [2.05, 4.69) is 18.3 Å². The van der Waals surface area contributed by atoms with Crippen LogP contribution in [0.15, 0.2) is 66.7 Å². The topological polar surface area (TPSA) is 125 Å². The molecule has 0 saturated heterocycles. The van der Waals surface area contributed by atoms with Gasteiger partial charge in [-0.25, -0.2) is 0 Å². The summed E-state index contributed by atoms with van der Waals surface area (Å²) >= 11 is 0. The van der Waals surface area contributed by atoms with E-state index in [1.807, 2.05) is 42.5 Å². The number of nitrogens with one attached hydrogen (secondary N) is 2. The summed E-state index contributed by atoms with van der Waals surface area (Å²) in [7, 11) is 0. The van der Waals surface area contributed by atoms with Crippen molar-refractivity contribution >= 4 is 29.0 Å². The molecule has 0 aromatic heterocycles. The Labute approximate surface area is 199 Å². The normalized spacial score (nSPS) is 13.8. The summed E-state index contributed by atoms with van der Waals surface area (Å²) in [5.74, 6) is -0.562. The summed E-state index contributed by atoms with van der Waals surface area (Å²) in [6.45, 7) is 2.56. The fraction of sp³-hybridized carbons (Fsp3) is 0.222. The summed E-state index contributed by atoms with van der Waals surface area (Å²) in [5, 5.41) is 10.5. The second-order valence-corrected chi connectivity index (χ2v) is 8.50. The van der Waals surface area contributed by atoms with E-state index in [-0.39, 0.29) is 17.6 Å². The summed E-state index contributed by atoms with van der Waals surface area (Å²) in [6, 6.07) is 19.8. The Morgan fingerprint density at radius 3 is 2.53 bits per heavy atom. The number of amides is 2. The van der Waals surface area contributed by atoms with Crippen LogP contribution in [0.5, 0.6) is 0 Å². The molecular weight excluding hydrogens is 426 g/mol. The van der Waals surface area contributed by atoms with Crippen molar-refractivity contribution in [3.63, 3.8) is 0 Å². The summed E-state index contributed by atoms with van der Waals surface area (Å²) in [4.78, 5) is 28.6. The maximum atomic E-state index is 13.5. The number of nitrogens with zero attached hydrogens (tertiary/aromatic N) is 1. The summed E-state index contributed by atoms with van der Waals surface area (Å²) in [6.07, 6.45) is 2.01. The molecule has 1 heterocycles. The van der Waals surface area contributed by atoms with Gasteiger partial charge in [0.1, 0.15) is 11.9 Å². The average molecular weight is 456 g/mol. The third kappa shape index (κ3) is 4.78. The Balaban J connectivity index is 1.63. The first-order chi connectivity index (χ1) is 16.4. The van der Waals surface area contributed by atoms with Gasteiger partial charge in [-0.3, -0.25) is 15.0 Å². The number of amidine groups is 1. The predicted octanol–water partition coefficient (Wildman–Crippen LogP) is 3.36. The maximum absolute atomic E-state index is 13.5. The molecule has 1 atom stereocenters. The number of hydrogen-bond acceptors (Lipinski definition) is 4. The third-order valence-electron chi connectivity index (χ3n) is 6.25. The van der Waals surface area contributed by atoms with E-state index >= 15 is 0 Å². The van der Waals surface area contributed by atoms with Gasteiger partial charge in [0.05, 0.1) is 0 Å². The van der Waals surface area contributed by atoms with Crippen molar-refractivity contribution in [2.75, 3.05) is 17.6 Å². The molecule has 7 heteroatoms. The number of fused-ring (bicyclic) bond motifs is 1. The quantitative estimate of drug-likeness (QED) is 0.248. The van der Waals surface area contributed by atoms with Crippen molar-refractivity contribution in [2.24, 2.45) is 5.73 Å². The van der Waals surface area contributed by atoms with Crippen molar-refractivity contribution in [2.45, 2.75) is 32.2 Å². The smallest absolute Gasteiger partial charge is 0.254 e. The molecule has 1 aliphatic rings. The van der Waals surface area contributed by atoms with Crippen LogP contribution in [0.4, 0.5) is 11.4 Å². The predicted molar refractivity (Wildman–Crippen MR) is 135 cm³/mol. The molecule has 0 saturated carbocycles. The van der Waals surface area contributed by atoms with E-state index < -0.39 is 6.04 Å². The Bertz CT molecular complexity index is 1240. The Morgan fingerprint density at radius 2 is 1.85 bits per heavy atom. The number of aryl methyl sites for hydroxylation is 1. The molecule has 0 radical (unpaired) electrons. The highest BCUT2D eigenvalue weighted by molar-refractivity contribution is 6.04. The number of benzene rings is 3. The molecule has 7 nitrogen and oxygen atoms in total. The van der Waals surface area contributed by atoms with Gasteiger partial charge in [-0.2, -0.15) is 0 Å². The molecule has 3 aromatic carbocycles. The SMILES string of the molecule is CCc1ccc2c(c1)CCN([C@@H](Cc1ccccc1)C(=O)Nc1ccc(C(=N)N)c(N)c1)C2=O. The highest BCUT2D eigenvalue weighted by atomic mass is 16.2. The van der Waals surface area contributed by atoms with E-state index in [1.54, 1.807) is 23.1 Å². The fourth-order valence-electron chi connectivity index (χ4n) is 4.37. The molecule has 0 bridgehead atoms. The van der Waals surface area contributed by atoms with E-state index in [4.69, 9.17) is 16.9 Å². The molecule has 3 aromatic rings. The highest BCUT2D eigenvalue weighted by Crippen LogP contribution is 2.25. The molecule has 2 amide bonds. The summed E-state index contributed by atoms with van der Waals surface area (Å²) in [5.41, 5.74) is 16.6. The second-order valence-electron chi connectivity index (χ2n) is 8.50. The second kappa shape index (κ2) is 9.79. The first-order valence-corrected chi connectivity index (χ1v) is 11.4. The van der Waals surface area contributed by atoms with Gasteiger partial charge in [-0.15, -0.1) is 0 Å². The molecular formula is C27H29N5O2. The van der Waals surface area contributed by atoms with Gasteiger partial charge in [0.15, 0.2) is 0 Å². The standard InChI is InChI=1S/C27H29N5O2/c1-2-17-8-10-21-19(14-17)12-13-32(27(21)34)24(15-18-6-4-3-5-7-18)26(33)31-20-9-11-22(25(29)30)23(28)16-20/h3-11,14,16,24H,2,12-13,15,28H2,1H3,(H3,29,30)(H,31,33)/t24-/m0/s1. The van der Waals surface area contributed by atoms with Gasteiger partial charge >= 0.3 is 0 Å². The molecule has 4 rings (SSSR count). The van der Waals surface area contributed by atoms with E-state index in [9.17, 15) is 9.59 Å². The van der Waals surface area contributed by atoms with Crippen LogP contribution >= 0.6 is 0 Å². The van der Waals surface area contributed by atoms with Crippen LogP contribution in [0, 0.1) is 5.41 Å². The van der Waals surface area contributed by atoms with Gasteiger partial charge < -0.3 is 21.7 Å². The molecule has 34 heavy (non-hydrogen) atoms. The number of nitrogen functional groups attached to an aromatic ring is 2. The first-order valence-electron chi connectivity index (χ1n) is 11.4. The molecule has 6 N–H and O–H groups in total. The zero-order chi connectivity index (χ0) is 24.2. The van der Waals surface area contributed by atoms with Crippen LogP contribution in [0.1, 0.15) is 39.5 Å². The number of rotatable bonds is 7. The van der Waals surface area contributed by atoms with Crippen LogP contribution in [-0.2, 0) is 24.1 Å². The van der Waals surface area contributed by atoms with Crippen molar-refractivity contribution in [1.82, 2.24) is 4.90 Å². The Hall–Kier alpha value is -4.13. The zero-order valence-corrected chi connectivity index (χ0v) is 19.2. The number of anilines is 2. The molecule has 174 valence electrons. The number of nitrogens with two attached hydrogens (primary N) is 2. The maximum Gasteiger partial charge on any atom is 0.254 e. The van der Waals surface area contributed by atoms with Crippen LogP contribution in [0.3, 0.4) is 0 Å². The fourth-order valence-corrected chi connectivity index (χ4v) is 4.37. The largest absolute Gasteiger partial charge is 0.398 e. The number of carbonyl (C=O) groups is 2.